The van der Waals surface area contributed by atoms with Crippen molar-refractivity contribution in [2.24, 2.45) is 5.92 Å². The molecule has 7 nitrogen and oxygen atoms in total. The minimum absolute atomic E-state index is 0.0995. The van der Waals surface area contributed by atoms with Gasteiger partial charge >= 0.3 is 5.97 Å². The lowest BCUT2D eigenvalue weighted by molar-refractivity contribution is -0.151. The summed E-state index contributed by atoms with van der Waals surface area (Å²) in [5.74, 6) is 0.892. The first-order valence-electron chi connectivity index (χ1n) is 14.3. The van der Waals surface area contributed by atoms with Gasteiger partial charge < -0.3 is 9.72 Å². The van der Waals surface area contributed by atoms with Crippen LogP contribution in [0.3, 0.4) is 0 Å². The topological polar surface area (TPSA) is 102 Å². The van der Waals surface area contributed by atoms with E-state index in [1.54, 1.807) is 6.07 Å². The van der Waals surface area contributed by atoms with Gasteiger partial charge in [-0.2, -0.15) is 0 Å². The van der Waals surface area contributed by atoms with Crippen LogP contribution in [-0.4, -0.2) is 46.4 Å². The smallest absolute Gasteiger partial charge is 0.303 e. The predicted octanol–water partition coefficient (Wildman–Crippen LogP) is 8.54. The first kappa shape index (κ1) is 38.0. The van der Waals surface area contributed by atoms with Gasteiger partial charge in [0.2, 0.25) is 0 Å². The quantitative estimate of drug-likeness (QED) is 0.258. The molecule has 2 atom stereocenters. The lowest BCUT2D eigenvalue weighted by Crippen LogP contribution is -2.21. The maximum Gasteiger partial charge on any atom is 0.303 e. The van der Waals surface area contributed by atoms with E-state index in [-0.39, 0.29) is 22.6 Å². The zero-order valence-electron chi connectivity index (χ0n) is 26.1. The largest absolute Gasteiger partial charge is 0.460 e. The molecule has 2 aromatic rings. The Kier molecular flexibility index (Phi) is 17.5. The van der Waals surface area contributed by atoms with E-state index < -0.39 is 9.84 Å². The maximum absolute atomic E-state index is 12.9. The van der Waals surface area contributed by atoms with E-state index in [4.69, 9.17) is 16.3 Å². The molecular formula is C30H51ClFN3O4S. The summed E-state index contributed by atoms with van der Waals surface area (Å²) in [6, 6.07) is 2.98. The van der Waals surface area contributed by atoms with Crippen molar-refractivity contribution < 1.29 is 22.3 Å². The average molecular weight is 604 g/mol. The van der Waals surface area contributed by atoms with Gasteiger partial charge in [-0.3, -0.25) is 4.79 Å². The van der Waals surface area contributed by atoms with Crippen molar-refractivity contribution in [2.45, 2.75) is 124 Å². The van der Waals surface area contributed by atoms with Crippen molar-refractivity contribution in [3.8, 4) is 11.5 Å². The summed E-state index contributed by atoms with van der Waals surface area (Å²) in [6.07, 6.45) is 9.30. The number of aromatic nitrogens is 3. The Morgan fingerprint density at radius 3 is 1.98 bits per heavy atom. The summed E-state index contributed by atoms with van der Waals surface area (Å²) in [7, 11) is -2.79. The molecule has 0 aliphatic rings. The number of hydrogen-bond acceptors (Lipinski definition) is 6. The standard InChI is InChI=1S/C16H21ClFN3.C8H18O2S.C6H12O2/c1-4-6-12(10(3)5-2)14-15(17)21-16(20-14)13-8-7-11(18)9-19-13;1-4-6-8(7-5-2)11(3,9)10;1-5(7)8-6(2,3)4/h7-10,12H,4-6H2,1-3H3,(H,20,21);8H,4-7H2,1-3H3;1-4H3/t10-,12+;;/m0../s1. The van der Waals surface area contributed by atoms with Crippen LogP contribution in [0.25, 0.3) is 11.5 Å². The highest BCUT2D eigenvalue weighted by atomic mass is 35.5. The van der Waals surface area contributed by atoms with Gasteiger partial charge in [-0.15, -0.1) is 0 Å². The van der Waals surface area contributed by atoms with Gasteiger partial charge in [-0.05, 0) is 58.1 Å². The van der Waals surface area contributed by atoms with Gasteiger partial charge in [-0.25, -0.2) is 22.8 Å². The monoisotopic (exact) mass is 603 g/mol. The number of esters is 1. The van der Waals surface area contributed by atoms with Crippen molar-refractivity contribution in [1.29, 1.82) is 0 Å². The van der Waals surface area contributed by atoms with Crippen molar-refractivity contribution in [1.82, 2.24) is 15.0 Å². The Morgan fingerprint density at radius 2 is 1.62 bits per heavy atom. The third kappa shape index (κ3) is 15.1. The van der Waals surface area contributed by atoms with Crippen LogP contribution < -0.4 is 0 Å². The van der Waals surface area contributed by atoms with Crippen LogP contribution in [0.15, 0.2) is 18.3 Å². The first-order chi connectivity index (χ1) is 18.5. The van der Waals surface area contributed by atoms with Crippen molar-refractivity contribution in [3.05, 3.63) is 35.0 Å². The van der Waals surface area contributed by atoms with Crippen LogP contribution in [0.5, 0.6) is 0 Å². The summed E-state index contributed by atoms with van der Waals surface area (Å²) >= 11 is 6.31. The molecule has 1 N–H and O–H groups in total. The third-order valence-corrected chi connectivity index (χ3v) is 8.20. The number of aromatic amines is 1. The van der Waals surface area contributed by atoms with Crippen molar-refractivity contribution in [3.63, 3.8) is 0 Å². The number of halogens is 2. The number of imidazole rings is 1. The summed E-state index contributed by atoms with van der Waals surface area (Å²) in [6.45, 7) is 17.6. The highest BCUT2D eigenvalue weighted by Gasteiger charge is 2.23. The number of pyridine rings is 1. The van der Waals surface area contributed by atoms with E-state index in [1.165, 1.54) is 25.4 Å². The molecule has 40 heavy (non-hydrogen) atoms. The SMILES string of the molecule is CC(=O)OC(C)(C)C.CCCC(CCC)S(C)(=O)=O.CCC[C@@H](c1[nH]c(-c2ccc(F)cn2)nc1Cl)[C@@H](C)CC. The van der Waals surface area contributed by atoms with Gasteiger partial charge in [0.1, 0.15) is 26.9 Å². The summed E-state index contributed by atoms with van der Waals surface area (Å²) in [5.41, 5.74) is 1.24. The summed E-state index contributed by atoms with van der Waals surface area (Å²) < 4.78 is 40.0. The molecule has 0 aliphatic carbocycles. The van der Waals surface area contributed by atoms with Crippen LogP contribution in [-0.2, 0) is 19.4 Å². The number of nitrogens with zero attached hydrogens (tertiary/aromatic N) is 2. The van der Waals surface area contributed by atoms with Gasteiger partial charge in [0, 0.05) is 19.1 Å². The fourth-order valence-corrected chi connectivity index (χ4v) is 5.80. The predicted molar refractivity (Wildman–Crippen MR) is 164 cm³/mol. The molecular weight excluding hydrogens is 553 g/mol. The Morgan fingerprint density at radius 1 is 1.07 bits per heavy atom. The molecule has 2 rings (SSSR count). The van der Waals surface area contributed by atoms with E-state index in [0.29, 0.717) is 28.5 Å². The normalized spacial score (nSPS) is 13.0. The molecule has 2 aromatic heterocycles. The van der Waals surface area contributed by atoms with E-state index in [0.717, 1.165) is 50.6 Å². The number of sulfone groups is 1. The van der Waals surface area contributed by atoms with Crippen LogP contribution >= 0.6 is 11.6 Å². The fourth-order valence-electron chi connectivity index (χ4n) is 4.20. The maximum atomic E-state index is 12.9. The highest BCUT2D eigenvalue weighted by molar-refractivity contribution is 7.91. The second-order valence-corrected chi connectivity index (χ2v) is 13.9. The van der Waals surface area contributed by atoms with E-state index in [1.807, 2.05) is 34.6 Å². The number of carbonyl (C=O) groups excluding carboxylic acids is 1. The minimum atomic E-state index is -2.79. The Bertz CT molecular complexity index is 1090. The second-order valence-electron chi connectivity index (χ2n) is 11.2. The second kappa shape index (κ2) is 18.4. The van der Waals surface area contributed by atoms with Crippen LogP contribution in [0.1, 0.15) is 119 Å². The van der Waals surface area contributed by atoms with Gasteiger partial charge in [-0.1, -0.05) is 71.9 Å². The van der Waals surface area contributed by atoms with Gasteiger partial charge in [0.15, 0.2) is 11.0 Å². The Balaban J connectivity index is 0.000000671. The average Bonchev–Trinajstić information content (AvgIpc) is 3.22. The minimum Gasteiger partial charge on any atom is -0.460 e. The number of nitrogens with one attached hydrogen (secondary N) is 1. The van der Waals surface area contributed by atoms with Crippen LogP contribution in [0.2, 0.25) is 5.15 Å². The molecule has 0 spiro atoms. The highest BCUT2D eigenvalue weighted by Crippen LogP contribution is 2.35. The van der Waals surface area contributed by atoms with E-state index in [2.05, 4.69) is 35.7 Å². The summed E-state index contributed by atoms with van der Waals surface area (Å²) in [4.78, 5) is 21.9. The molecule has 230 valence electrons. The molecule has 0 saturated heterocycles. The zero-order valence-corrected chi connectivity index (χ0v) is 27.7. The lowest BCUT2D eigenvalue weighted by Gasteiger charge is -2.21. The summed E-state index contributed by atoms with van der Waals surface area (Å²) in [5, 5.41) is 0.396. The fraction of sp³-hybridized carbons (Fsp3) is 0.700. The van der Waals surface area contributed by atoms with E-state index in [9.17, 15) is 17.6 Å². The molecule has 0 bridgehead atoms. The molecule has 10 heteroatoms. The molecule has 0 amide bonds. The molecule has 0 aliphatic heterocycles. The van der Waals surface area contributed by atoms with Gasteiger partial charge in [0.25, 0.3) is 0 Å². The third-order valence-electron chi connectivity index (χ3n) is 6.23. The number of H-pyrrole nitrogens is 1. The number of hydrogen-bond donors (Lipinski definition) is 1. The van der Waals surface area contributed by atoms with Crippen molar-refractivity contribution >= 4 is 27.4 Å². The number of rotatable bonds is 11. The molecule has 0 fully saturated rings. The van der Waals surface area contributed by atoms with Crippen LogP contribution in [0.4, 0.5) is 4.39 Å². The number of carbonyl (C=O) groups is 1. The zero-order chi connectivity index (χ0) is 31.1. The Hall–Kier alpha value is -2.00. The molecule has 0 saturated carbocycles. The number of ether oxygens (including phenoxy) is 1. The lowest BCUT2D eigenvalue weighted by atomic mass is 9.86. The molecule has 0 radical (unpaired) electrons. The first-order valence-corrected chi connectivity index (χ1v) is 16.6. The molecule has 0 aromatic carbocycles. The van der Waals surface area contributed by atoms with Crippen LogP contribution in [0, 0.1) is 11.7 Å². The molecule has 0 unspecified atom stereocenters. The molecule has 2 heterocycles. The van der Waals surface area contributed by atoms with Gasteiger partial charge in [0.05, 0.1) is 17.1 Å². The van der Waals surface area contributed by atoms with E-state index >= 15 is 0 Å². The Labute approximate surface area is 247 Å². The van der Waals surface area contributed by atoms with Crippen molar-refractivity contribution in [2.75, 3.05) is 6.26 Å².